The van der Waals surface area contributed by atoms with Gasteiger partial charge in [-0.05, 0) is 24.6 Å². The molecule has 5 nitrogen and oxygen atoms in total. The molecule has 1 N–H and O–H groups in total. The Labute approximate surface area is 129 Å². The number of benzene rings is 1. The van der Waals surface area contributed by atoms with Crippen LogP contribution < -0.4 is 14.8 Å². The monoisotopic (exact) mass is 305 g/mol. The molecule has 112 valence electrons. The molecule has 1 aromatic heterocycles. The van der Waals surface area contributed by atoms with Crippen molar-refractivity contribution in [3.05, 3.63) is 42.5 Å². The molecule has 0 saturated heterocycles. The molecule has 0 unspecified atom stereocenters. The lowest BCUT2D eigenvalue weighted by molar-refractivity contribution is 0.355. The molecule has 2 rings (SSSR count). The zero-order valence-corrected chi connectivity index (χ0v) is 13.0. The van der Waals surface area contributed by atoms with E-state index in [1.165, 1.54) is 0 Å². The Hall–Kier alpha value is -2.08. The van der Waals surface area contributed by atoms with Gasteiger partial charge in [0.05, 0.1) is 20.5 Å². The smallest absolute Gasteiger partial charge is 0.161 e. The molecule has 0 aliphatic heterocycles. The second-order valence-electron chi connectivity index (χ2n) is 4.48. The van der Waals surface area contributed by atoms with Crippen molar-refractivity contribution in [1.29, 1.82) is 0 Å². The topological polar surface area (TPSA) is 48.3 Å². The van der Waals surface area contributed by atoms with E-state index in [1.54, 1.807) is 20.4 Å². The van der Waals surface area contributed by atoms with E-state index in [-0.39, 0.29) is 0 Å². The number of methoxy groups -OCH3 is 2. The van der Waals surface area contributed by atoms with Crippen molar-refractivity contribution in [3.8, 4) is 11.5 Å². The van der Waals surface area contributed by atoms with Crippen LogP contribution in [0.3, 0.4) is 0 Å². The number of rotatable bonds is 7. The van der Waals surface area contributed by atoms with Gasteiger partial charge in [0.2, 0.25) is 0 Å². The lowest BCUT2D eigenvalue weighted by Crippen LogP contribution is -2.24. The van der Waals surface area contributed by atoms with Crippen LogP contribution in [0.15, 0.2) is 36.9 Å². The van der Waals surface area contributed by atoms with Gasteiger partial charge in [-0.1, -0.05) is 12.2 Å². The van der Waals surface area contributed by atoms with E-state index in [0.29, 0.717) is 16.5 Å². The fourth-order valence-electron chi connectivity index (χ4n) is 1.96. The van der Waals surface area contributed by atoms with E-state index >= 15 is 0 Å². The van der Waals surface area contributed by atoms with Gasteiger partial charge in [-0.3, -0.25) is 0 Å². The van der Waals surface area contributed by atoms with Crippen LogP contribution in [0.2, 0.25) is 0 Å². The third-order valence-corrected chi connectivity index (χ3v) is 3.46. The number of imidazole rings is 1. The second kappa shape index (κ2) is 7.64. The minimum absolute atomic E-state index is 0.678. The first-order chi connectivity index (χ1) is 10.2. The van der Waals surface area contributed by atoms with Crippen LogP contribution in [-0.4, -0.2) is 35.3 Å². The first-order valence-electron chi connectivity index (χ1n) is 6.70. The first kappa shape index (κ1) is 15.3. The highest BCUT2D eigenvalue weighted by molar-refractivity contribution is 7.80. The van der Waals surface area contributed by atoms with Crippen LogP contribution in [0.25, 0.3) is 0 Å². The van der Waals surface area contributed by atoms with Gasteiger partial charge in [0.25, 0.3) is 0 Å². The fraction of sp³-hybridized carbons (Fsp3) is 0.333. The standard InChI is InChI=1S/C15H19N3O2S/c1-19-13-5-4-12(10-14(13)20-2)15(21)17-6-3-8-18-9-7-16-11-18/h4-5,7,9-11H,3,6,8H2,1-2H3,(H,17,21). The summed E-state index contributed by atoms with van der Waals surface area (Å²) >= 11 is 5.39. The van der Waals surface area contributed by atoms with Gasteiger partial charge in [0, 0.05) is 31.0 Å². The summed E-state index contributed by atoms with van der Waals surface area (Å²) in [5, 5.41) is 3.25. The maximum Gasteiger partial charge on any atom is 0.161 e. The Morgan fingerprint density at radius 3 is 2.76 bits per heavy atom. The van der Waals surface area contributed by atoms with E-state index in [2.05, 4.69) is 10.3 Å². The zero-order valence-electron chi connectivity index (χ0n) is 12.2. The number of hydrogen-bond donors (Lipinski definition) is 1. The van der Waals surface area contributed by atoms with Gasteiger partial charge in [-0.2, -0.15) is 0 Å². The summed E-state index contributed by atoms with van der Waals surface area (Å²) < 4.78 is 12.5. The summed E-state index contributed by atoms with van der Waals surface area (Å²) in [5.41, 5.74) is 0.922. The Kier molecular flexibility index (Phi) is 5.57. The lowest BCUT2D eigenvalue weighted by Gasteiger charge is -2.12. The minimum atomic E-state index is 0.678. The molecule has 0 fully saturated rings. The predicted octanol–water partition coefficient (Wildman–Crippen LogP) is 2.26. The van der Waals surface area contributed by atoms with Crippen molar-refractivity contribution in [1.82, 2.24) is 14.9 Å². The van der Waals surface area contributed by atoms with Crippen LogP contribution in [0, 0.1) is 0 Å². The number of aryl methyl sites for hydroxylation is 1. The largest absolute Gasteiger partial charge is 0.493 e. The summed E-state index contributed by atoms with van der Waals surface area (Å²) in [5.74, 6) is 1.38. The summed E-state index contributed by atoms with van der Waals surface area (Å²) in [6, 6.07) is 5.66. The molecule has 0 bridgehead atoms. The van der Waals surface area contributed by atoms with Crippen molar-refractivity contribution in [2.75, 3.05) is 20.8 Å². The number of hydrogen-bond acceptors (Lipinski definition) is 4. The molecular weight excluding hydrogens is 286 g/mol. The van der Waals surface area contributed by atoms with Gasteiger partial charge < -0.3 is 19.4 Å². The first-order valence-corrected chi connectivity index (χ1v) is 7.11. The van der Waals surface area contributed by atoms with Crippen LogP contribution in [0.1, 0.15) is 12.0 Å². The number of thiocarbonyl (C=S) groups is 1. The van der Waals surface area contributed by atoms with Gasteiger partial charge in [-0.15, -0.1) is 0 Å². The average molecular weight is 305 g/mol. The van der Waals surface area contributed by atoms with Crippen LogP contribution in [-0.2, 0) is 6.54 Å². The highest BCUT2D eigenvalue weighted by atomic mass is 32.1. The Morgan fingerprint density at radius 1 is 1.29 bits per heavy atom. The van der Waals surface area contributed by atoms with Crippen LogP contribution >= 0.6 is 12.2 Å². The van der Waals surface area contributed by atoms with Crippen molar-refractivity contribution in [2.45, 2.75) is 13.0 Å². The number of aromatic nitrogens is 2. The van der Waals surface area contributed by atoms with Crippen molar-refractivity contribution in [3.63, 3.8) is 0 Å². The molecule has 0 aliphatic rings. The van der Waals surface area contributed by atoms with Crippen molar-refractivity contribution in [2.24, 2.45) is 0 Å². The quantitative estimate of drug-likeness (QED) is 0.628. The second-order valence-corrected chi connectivity index (χ2v) is 4.89. The third-order valence-electron chi connectivity index (χ3n) is 3.08. The van der Waals surface area contributed by atoms with Gasteiger partial charge in [-0.25, -0.2) is 4.98 Å². The van der Waals surface area contributed by atoms with E-state index in [1.807, 2.05) is 35.3 Å². The maximum absolute atomic E-state index is 5.39. The molecule has 2 aromatic rings. The molecule has 6 heteroatoms. The van der Waals surface area contributed by atoms with E-state index in [4.69, 9.17) is 21.7 Å². The van der Waals surface area contributed by atoms with Gasteiger partial charge >= 0.3 is 0 Å². The van der Waals surface area contributed by atoms with E-state index in [0.717, 1.165) is 25.1 Å². The zero-order chi connectivity index (χ0) is 15.1. The lowest BCUT2D eigenvalue weighted by atomic mass is 10.2. The maximum atomic E-state index is 5.39. The Balaban J connectivity index is 1.85. The highest BCUT2D eigenvalue weighted by Gasteiger charge is 2.07. The predicted molar refractivity (Wildman–Crippen MR) is 86.1 cm³/mol. The number of nitrogens with zero attached hydrogens (tertiary/aromatic N) is 2. The van der Waals surface area contributed by atoms with Crippen LogP contribution in [0.4, 0.5) is 0 Å². The molecule has 1 aromatic carbocycles. The van der Waals surface area contributed by atoms with Gasteiger partial charge in [0.1, 0.15) is 4.99 Å². The Bertz CT molecular complexity index is 585. The number of nitrogens with one attached hydrogen (secondary N) is 1. The molecule has 21 heavy (non-hydrogen) atoms. The van der Waals surface area contributed by atoms with E-state index < -0.39 is 0 Å². The molecule has 1 heterocycles. The molecule has 0 saturated carbocycles. The molecule has 0 spiro atoms. The van der Waals surface area contributed by atoms with Crippen molar-refractivity contribution >= 4 is 17.2 Å². The minimum Gasteiger partial charge on any atom is -0.493 e. The van der Waals surface area contributed by atoms with E-state index in [9.17, 15) is 0 Å². The van der Waals surface area contributed by atoms with Crippen molar-refractivity contribution < 1.29 is 9.47 Å². The molecule has 0 aliphatic carbocycles. The average Bonchev–Trinajstić information content (AvgIpc) is 3.04. The molecular formula is C15H19N3O2S. The fourth-order valence-corrected chi connectivity index (χ4v) is 2.19. The molecule has 0 radical (unpaired) electrons. The highest BCUT2D eigenvalue weighted by Crippen LogP contribution is 2.27. The normalized spacial score (nSPS) is 10.2. The summed E-state index contributed by atoms with van der Waals surface area (Å²) in [7, 11) is 3.23. The summed E-state index contributed by atoms with van der Waals surface area (Å²) in [6.45, 7) is 1.73. The molecule has 0 atom stereocenters. The number of ether oxygens (including phenoxy) is 2. The SMILES string of the molecule is COc1ccc(C(=S)NCCCn2ccnc2)cc1OC. The summed E-state index contributed by atoms with van der Waals surface area (Å²) in [6.07, 6.45) is 6.52. The third kappa shape index (κ3) is 4.19. The molecule has 0 amide bonds. The van der Waals surface area contributed by atoms with Gasteiger partial charge in [0.15, 0.2) is 11.5 Å². The summed E-state index contributed by atoms with van der Waals surface area (Å²) in [4.78, 5) is 4.72. The van der Waals surface area contributed by atoms with Crippen LogP contribution in [0.5, 0.6) is 11.5 Å². The Morgan fingerprint density at radius 2 is 2.10 bits per heavy atom.